The van der Waals surface area contributed by atoms with Crippen LogP contribution in [0.25, 0.3) is 0 Å². The van der Waals surface area contributed by atoms with E-state index < -0.39 is 0 Å². The van der Waals surface area contributed by atoms with Crippen molar-refractivity contribution in [2.24, 2.45) is 4.99 Å². The van der Waals surface area contributed by atoms with Gasteiger partial charge in [0.2, 0.25) is 0 Å². The molecule has 2 aromatic rings. The van der Waals surface area contributed by atoms with E-state index >= 15 is 0 Å². The van der Waals surface area contributed by atoms with Gasteiger partial charge in [-0.3, -0.25) is 4.99 Å². The Morgan fingerprint density at radius 3 is 2.67 bits per heavy atom. The molecular formula is C21H28IN3O2. The van der Waals surface area contributed by atoms with Gasteiger partial charge in [-0.1, -0.05) is 43.3 Å². The molecule has 0 radical (unpaired) electrons. The lowest BCUT2D eigenvalue weighted by molar-refractivity contribution is 0.199. The highest BCUT2D eigenvalue weighted by atomic mass is 127. The van der Waals surface area contributed by atoms with Crippen molar-refractivity contribution in [1.82, 2.24) is 10.6 Å². The lowest BCUT2D eigenvalue weighted by atomic mass is 10.0. The first kappa shape index (κ1) is 21.3. The lowest BCUT2D eigenvalue weighted by Crippen LogP contribution is -2.44. The minimum Gasteiger partial charge on any atom is -0.493 e. The van der Waals surface area contributed by atoms with Crippen molar-refractivity contribution in [2.75, 3.05) is 20.2 Å². The van der Waals surface area contributed by atoms with Crippen molar-refractivity contribution in [1.29, 1.82) is 0 Å². The zero-order chi connectivity index (χ0) is 18.2. The molecule has 2 aromatic carbocycles. The normalized spacial score (nSPS) is 17.0. The molecule has 0 saturated carbocycles. The Morgan fingerprint density at radius 1 is 1.19 bits per heavy atom. The molecule has 2 N–H and O–H groups in total. The number of nitrogens with zero attached hydrogens (tertiary/aromatic N) is 1. The van der Waals surface area contributed by atoms with Gasteiger partial charge in [0, 0.05) is 19.0 Å². The summed E-state index contributed by atoms with van der Waals surface area (Å²) >= 11 is 0. The first-order chi connectivity index (χ1) is 12.8. The maximum absolute atomic E-state index is 6.04. The fourth-order valence-corrected chi connectivity index (χ4v) is 3.02. The largest absolute Gasteiger partial charge is 0.493 e. The fraction of sp³-hybridized carbons (Fsp3) is 0.381. The average Bonchev–Trinajstić information content (AvgIpc) is 2.70. The molecule has 0 bridgehead atoms. The summed E-state index contributed by atoms with van der Waals surface area (Å²) in [6.07, 6.45) is 1.91. The number of benzene rings is 2. The maximum Gasteiger partial charge on any atom is 0.191 e. The molecule has 6 heteroatoms. The van der Waals surface area contributed by atoms with Crippen LogP contribution >= 0.6 is 24.0 Å². The molecule has 0 aliphatic carbocycles. The van der Waals surface area contributed by atoms with Gasteiger partial charge >= 0.3 is 0 Å². The molecule has 2 unspecified atom stereocenters. The second-order valence-corrected chi connectivity index (χ2v) is 6.29. The number of hydrogen-bond acceptors (Lipinski definition) is 3. The highest BCUT2D eigenvalue weighted by Crippen LogP contribution is 2.31. The second-order valence-electron chi connectivity index (χ2n) is 6.29. The third kappa shape index (κ3) is 6.02. The van der Waals surface area contributed by atoms with Crippen LogP contribution in [0.5, 0.6) is 11.5 Å². The molecule has 0 amide bonds. The van der Waals surface area contributed by atoms with Gasteiger partial charge in [0.25, 0.3) is 0 Å². The molecule has 27 heavy (non-hydrogen) atoms. The summed E-state index contributed by atoms with van der Waals surface area (Å²) in [5.41, 5.74) is 1.18. The lowest BCUT2D eigenvalue weighted by Gasteiger charge is -2.28. The van der Waals surface area contributed by atoms with E-state index in [1.165, 1.54) is 5.56 Å². The van der Waals surface area contributed by atoms with Crippen LogP contribution in [-0.4, -0.2) is 32.3 Å². The number of ether oxygens (including phenoxy) is 2. The van der Waals surface area contributed by atoms with Gasteiger partial charge in [0.1, 0.15) is 17.6 Å². The summed E-state index contributed by atoms with van der Waals surface area (Å²) in [5, 5.41) is 6.90. The van der Waals surface area contributed by atoms with Gasteiger partial charge in [0.15, 0.2) is 5.96 Å². The van der Waals surface area contributed by atoms with Gasteiger partial charge < -0.3 is 20.1 Å². The second kappa shape index (κ2) is 11.0. The Labute approximate surface area is 178 Å². The highest BCUT2D eigenvalue weighted by Gasteiger charge is 2.22. The van der Waals surface area contributed by atoms with E-state index in [9.17, 15) is 0 Å². The van der Waals surface area contributed by atoms with E-state index in [1.54, 1.807) is 7.05 Å². The monoisotopic (exact) mass is 481 g/mol. The van der Waals surface area contributed by atoms with E-state index in [2.05, 4.69) is 28.6 Å². The van der Waals surface area contributed by atoms with E-state index in [0.29, 0.717) is 13.2 Å². The number of aliphatic imine (C=N–C) groups is 1. The number of guanidine groups is 1. The SMILES string of the molecule is CCC(CNC(=NC)NC1CCOc2ccccc21)Oc1ccccc1.I. The zero-order valence-corrected chi connectivity index (χ0v) is 18.2. The van der Waals surface area contributed by atoms with Crippen LogP contribution in [0.2, 0.25) is 0 Å². The number of hydrogen-bond donors (Lipinski definition) is 2. The van der Waals surface area contributed by atoms with Crippen molar-refractivity contribution in [3.05, 3.63) is 60.2 Å². The van der Waals surface area contributed by atoms with E-state index in [0.717, 1.165) is 30.3 Å². The van der Waals surface area contributed by atoms with Crippen LogP contribution in [0.1, 0.15) is 31.4 Å². The van der Waals surface area contributed by atoms with Crippen LogP contribution < -0.4 is 20.1 Å². The molecule has 5 nitrogen and oxygen atoms in total. The summed E-state index contributed by atoms with van der Waals surface area (Å²) < 4.78 is 11.8. The molecule has 3 rings (SSSR count). The Hall–Kier alpha value is -1.96. The summed E-state index contributed by atoms with van der Waals surface area (Å²) in [7, 11) is 1.79. The number of para-hydroxylation sites is 2. The minimum atomic E-state index is 0. The first-order valence-corrected chi connectivity index (χ1v) is 9.20. The van der Waals surface area contributed by atoms with Crippen LogP contribution in [0.15, 0.2) is 59.6 Å². The van der Waals surface area contributed by atoms with E-state index in [1.807, 2.05) is 48.5 Å². The smallest absolute Gasteiger partial charge is 0.191 e. The number of nitrogens with one attached hydrogen (secondary N) is 2. The zero-order valence-electron chi connectivity index (χ0n) is 15.9. The number of halogens is 1. The van der Waals surface area contributed by atoms with Crippen molar-refractivity contribution < 1.29 is 9.47 Å². The fourth-order valence-electron chi connectivity index (χ4n) is 3.02. The number of rotatable bonds is 6. The van der Waals surface area contributed by atoms with Crippen LogP contribution in [-0.2, 0) is 0 Å². The molecule has 2 atom stereocenters. The molecule has 1 heterocycles. The summed E-state index contributed by atoms with van der Waals surface area (Å²) in [6, 6.07) is 18.3. The van der Waals surface area contributed by atoms with Gasteiger partial charge in [-0.25, -0.2) is 0 Å². The first-order valence-electron chi connectivity index (χ1n) is 9.20. The molecule has 0 spiro atoms. The van der Waals surface area contributed by atoms with E-state index in [-0.39, 0.29) is 36.1 Å². The molecule has 0 fully saturated rings. The average molecular weight is 481 g/mol. The molecule has 1 aliphatic rings. The van der Waals surface area contributed by atoms with Crippen molar-refractivity contribution in [2.45, 2.75) is 31.9 Å². The summed E-state index contributed by atoms with van der Waals surface area (Å²) in [5.74, 6) is 2.62. The highest BCUT2D eigenvalue weighted by molar-refractivity contribution is 14.0. The summed E-state index contributed by atoms with van der Waals surface area (Å²) in [6.45, 7) is 3.52. The molecule has 0 saturated heterocycles. The van der Waals surface area contributed by atoms with Crippen LogP contribution in [0, 0.1) is 0 Å². The van der Waals surface area contributed by atoms with Crippen molar-refractivity contribution in [3.8, 4) is 11.5 Å². The quantitative estimate of drug-likeness (QED) is 0.370. The van der Waals surface area contributed by atoms with Crippen molar-refractivity contribution >= 4 is 29.9 Å². The Bertz CT molecular complexity index is 724. The summed E-state index contributed by atoms with van der Waals surface area (Å²) in [4.78, 5) is 4.37. The topological polar surface area (TPSA) is 54.9 Å². The van der Waals surface area contributed by atoms with Gasteiger partial charge in [-0.2, -0.15) is 0 Å². The Kier molecular flexibility index (Phi) is 8.71. The van der Waals surface area contributed by atoms with Gasteiger partial charge in [-0.15, -0.1) is 24.0 Å². The Balaban J connectivity index is 0.00000261. The minimum absolute atomic E-state index is 0. The molecule has 146 valence electrons. The predicted octanol–water partition coefficient (Wildman–Crippen LogP) is 4.15. The predicted molar refractivity (Wildman–Crippen MR) is 120 cm³/mol. The molecule has 0 aromatic heterocycles. The van der Waals surface area contributed by atoms with Gasteiger partial charge in [-0.05, 0) is 24.6 Å². The van der Waals surface area contributed by atoms with Crippen LogP contribution in [0.3, 0.4) is 0 Å². The van der Waals surface area contributed by atoms with Crippen LogP contribution in [0.4, 0.5) is 0 Å². The van der Waals surface area contributed by atoms with E-state index in [4.69, 9.17) is 9.47 Å². The molecular weight excluding hydrogens is 453 g/mol. The maximum atomic E-state index is 6.04. The third-order valence-electron chi connectivity index (χ3n) is 4.49. The Morgan fingerprint density at radius 2 is 1.93 bits per heavy atom. The van der Waals surface area contributed by atoms with Crippen molar-refractivity contribution in [3.63, 3.8) is 0 Å². The third-order valence-corrected chi connectivity index (χ3v) is 4.49. The standard InChI is InChI=1S/C21H27N3O2.HI/c1-3-16(26-17-9-5-4-6-10-17)15-23-21(22-2)24-19-13-14-25-20-12-8-7-11-18(19)20;/h4-12,16,19H,3,13-15H2,1-2H3,(H2,22,23,24);1H. The number of fused-ring (bicyclic) bond motifs is 1. The van der Waals surface area contributed by atoms with Gasteiger partial charge in [0.05, 0.1) is 19.2 Å². The molecule has 1 aliphatic heterocycles.